The summed E-state index contributed by atoms with van der Waals surface area (Å²) in [5.41, 5.74) is -2.01. The summed E-state index contributed by atoms with van der Waals surface area (Å²) in [6, 6.07) is 2.29. The Kier molecular flexibility index (Phi) is 8.12. The number of amides is 1. The van der Waals surface area contributed by atoms with Gasteiger partial charge >= 0.3 is 6.18 Å². The predicted octanol–water partition coefficient (Wildman–Crippen LogP) is 2.84. The lowest BCUT2D eigenvalue weighted by molar-refractivity contribution is -0.137. The third-order valence-corrected chi connectivity index (χ3v) is 9.97. The molecule has 1 saturated heterocycles. The Morgan fingerprint density at radius 2 is 1.57 bits per heavy atom. The maximum absolute atomic E-state index is 13.4. The molecule has 1 aliphatic heterocycles. The number of benzene rings is 1. The van der Waals surface area contributed by atoms with E-state index in [0.717, 1.165) is 63.7 Å². The number of anilines is 1. The van der Waals surface area contributed by atoms with Crippen molar-refractivity contribution in [3.8, 4) is 0 Å². The average molecular weight is 540 g/mol. The second-order valence-electron chi connectivity index (χ2n) is 9.41. The van der Waals surface area contributed by atoms with Crippen LogP contribution in [0.2, 0.25) is 0 Å². The third-order valence-electron chi connectivity index (χ3n) is 6.75. The molecule has 2 aliphatic rings. The number of hydrogen-bond donors (Lipinski definition) is 0. The summed E-state index contributed by atoms with van der Waals surface area (Å²) in [5, 5.41) is 0. The van der Waals surface area contributed by atoms with Gasteiger partial charge in [-0.2, -0.15) is 16.9 Å². The first-order valence-electron chi connectivity index (χ1n) is 11.5. The van der Waals surface area contributed by atoms with Crippen LogP contribution in [0.15, 0.2) is 18.2 Å². The normalized spacial score (nSPS) is 22.2. The number of sulfonamides is 2. The molecule has 8 nitrogen and oxygen atoms in total. The van der Waals surface area contributed by atoms with E-state index in [1.807, 2.05) is 0 Å². The standard InChI is InChI=1S/C22H32F3N3O5S2/c1-26(18-8-4-5-9-19(18)27-12-6-7-13-27)21(29)14-16-10-11-17(22(23,24)25)15-20(16)28(34(2,30)31)35(3,32)33/h10-11,15,18-19H,4-9,12-14H2,1-3H3. The van der Waals surface area contributed by atoms with E-state index in [4.69, 9.17) is 0 Å². The lowest BCUT2D eigenvalue weighted by Gasteiger charge is -2.42. The molecule has 1 saturated carbocycles. The molecule has 0 bridgehead atoms. The summed E-state index contributed by atoms with van der Waals surface area (Å²) in [5.74, 6) is -0.413. The van der Waals surface area contributed by atoms with Gasteiger partial charge in [0.15, 0.2) is 0 Å². The van der Waals surface area contributed by atoms with Gasteiger partial charge in [0, 0.05) is 19.1 Å². The molecule has 0 spiro atoms. The molecular formula is C22H32F3N3O5S2. The van der Waals surface area contributed by atoms with Crippen LogP contribution in [0.25, 0.3) is 0 Å². The maximum Gasteiger partial charge on any atom is 0.416 e. The van der Waals surface area contributed by atoms with Gasteiger partial charge in [-0.1, -0.05) is 18.9 Å². The molecule has 0 aromatic heterocycles. The number of alkyl halides is 3. The van der Waals surface area contributed by atoms with Crippen LogP contribution in [0.4, 0.5) is 18.9 Å². The van der Waals surface area contributed by atoms with E-state index >= 15 is 0 Å². The molecule has 35 heavy (non-hydrogen) atoms. The fourth-order valence-corrected chi connectivity index (χ4v) is 8.20. The molecule has 2 fully saturated rings. The van der Waals surface area contributed by atoms with E-state index in [0.29, 0.717) is 18.6 Å². The van der Waals surface area contributed by atoms with Crippen LogP contribution in [0, 0.1) is 0 Å². The van der Waals surface area contributed by atoms with Crippen molar-refractivity contribution in [1.29, 1.82) is 0 Å². The minimum Gasteiger partial charge on any atom is -0.341 e. The highest BCUT2D eigenvalue weighted by Crippen LogP contribution is 2.36. The molecule has 1 aliphatic carbocycles. The fourth-order valence-electron chi connectivity index (χ4n) is 5.18. The van der Waals surface area contributed by atoms with E-state index in [2.05, 4.69) is 4.90 Å². The molecule has 198 valence electrons. The lowest BCUT2D eigenvalue weighted by atomic mass is 9.88. The van der Waals surface area contributed by atoms with Crippen molar-refractivity contribution in [3.63, 3.8) is 0 Å². The van der Waals surface area contributed by atoms with Gasteiger partial charge in [-0.15, -0.1) is 0 Å². The third kappa shape index (κ3) is 6.48. The quantitative estimate of drug-likeness (QED) is 0.529. The van der Waals surface area contributed by atoms with Crippen molar-refractivity contribution in [2.45, 2.75) is 63.2 Å². The van der Waals surface area contributed by atoms with Crippen molar-refractivity contribution >= 4 is 31.6 Å². The van der Waals surface area contributed by atoms with Crippen molar-refractivity contribution in [2.24, 2.45) is 0 Å². The fraction of sp³-hybridized carbons (Fsp3) is 0.682. The van der Waals surface area contributed by atoms with Gasteiger partial charge in [0.2, 0.25) is 26.0 Å². The van der Waals surface area contributed by atoms with Crippen molar-refractivity contribution < 1.29 is 34.8 Å². The highest BCUT2D eigenvalue weighted by atomic mass is 32.3. The number of halogens is 3. The molecule has 0 radical (unpaired) electrons. The molecule has 1 heterocycles. The van der Waals surface area contributed by atoms with Crippen LogP contribution < -0.4 is 3.71 Å². The van der Waals surface area contributed by atoms with Crippen LogP contribution in [-0.4, -0.2) is 77.3 Å². The second kappa shape index (κ2) is 10.3. The van der Waals surface area contributed by atoms with Gasteiger partial charge < -0.3 is 4.90 Å². The zero-order valence-electron chi connectivity index (χ0n) is 20.1. The van der Waals surface area contributed by atoms with E-state index in [1.165, 1.54) is 0 Å². The monoisotopic (exact) mass is 539 g/mol. The number of carbonyl (C=O) groups is 1. The zero-order valence-corrected chi connectivity index (χ0v) is 21.7. The topological polar surface area (TPSA) is 95.1 Å². The molecule has 2 unspecified atom stereocenters. The summed E-state index contributed by atoms with van der Waals surface area (Å²) < 4.78 is 89.4. The minimum atomic E-state index is -4.83. The summed E-state index contributed by atoms with van der Waals surface area (Å²) in [4.78, 5) is 17.3. The molecule has 13 heteroatoms. The molecule has 1 aromatic rings. The molecule has 1 aromatic carbocycles. The van der Waals surface area contributed by atoms with Gasteiger partial charge in [0.05, 0.1) is 30.2 Å². The Labute approximate surface area is 205 Å². The Hall–Kier alpha value is -1.86. The highest BCUT2D eigenvalue weighted by Gasteiger charge is 2.38. The van der Waals surface area contributed by atoms with Crippen LogP contribution >= 0.6 is 0 Å². The van der Waals surface area contributed by atoms with Gasteiger partial charge in [-0.3, -0.25) is 9.69 Å². The Morgan fingerprint density at radius 3 is 2.11 bits per heavy atom. The SMILES string of the molecule is CN(C(=O)Cc1ccc(C(F)(F)F)cc1N(S(C)(=O)=O)S(C)(=O)=O)C1CCCCC1N1CCCC1. The van der Waals surface area contributed by atoms with E-state index < -0.39 is 49.8 Å². The zero-order chi connectivity index (χ0) is 26.2. The van der Waals surface area contributed by atoms with Gasteiger partial charge in [0.1, 0.15) is 0 Å². The first kappa shape index (κ1) is 27.7. The first-order valence-corrected chi connectivity index (χ1v) is 15.2. The Bertz CT molecular complexity index is 1120. The van der Waals surface area contributed by atoms with E-state index in [1.54, 1.807) is 11.9 Å². The number of rotatable bonds is 7. The van der Waals surface area contributed by atoms with E-state index in [9.17, 15) is 34.8 Å². The van der Waals surface area contributed by atoms with Gasteiger partial charge in [-0.05, 0) is 56.5 Å². The van der Waals surface area contributed by atoms with Crippen LogP contribution in [0.1, 0.15) is 49.7 Å². The molecule has 2 atom stereocenters. The molecule has 1 amide bonds. The smallest absolute Gasteiger partial charge is 0.341 e. The first-order chi connectivity index (χ1) is 16.1. The number of hydrogen-bond acceptors (Lipinski definition) is 6. The number of carbonyl (C=O) groups excluding carboxylic acids is 1. The lowest BCUT2D eigenvalue weighted by Crippen LogP contribution is -2.53. The highest BCUT2D eigenvalue weighted by molar-refractivity contribution is 8.09. The van der Waals surface area contributed by atoms with Crippen LogP contribution in [0.3, 0.4) is 0 Å². The molecule has 0 N–H and O–H groups in total. The van der Waals surface area contributed by atoms with Crippen molar-refractivity contribution in [1.82, 2.24) is 9.80 Å². The Morgan fingerprint density at radius 1 is 1.00 bits per heavy atom. The predicted molar refractivity (Wildman–Crippen MR) is 127 cm³/mol. The summed E-state index contributed by atoms with van der Waals surface area (Å²) in [6.07, 6.45) is 1.86. The minimum absolute atomic E-state index is 0.0362. The largest absolute Gasteiger partial charge is 0.416 e. The van der Waals surface area contributed by atoms with Crippen LogP contribution in [0.5, 0.6) is 0 Å². The van der Waals surface area contributed by atoms with Crippen molar-refractivity contribution in [3.05, 3.63) is 29.3 Å². The second-order valence-corrected chi connectivity index (χ2v) is 13.3. The van der Waals surface area contributed by atoms with Gasteiger partial charge in [-0.25, -0.2) is 16.8 Å². The summed E-state index contributed by atoms with van der Waals surface area (Å²) in [7, 11) is -7.37. The number of likely N-dealkylation sites (N-methyl/N-ethyl adjacent to an activating group) is 1. The average Bonchev–Trinajstić information content (AvgIpc) is 3.26. The van der Waals surface area contributed by atoms with E-state index in [-0.39, 0.29) is 21.4 Å². The van der Waals surface area contributed by atoms with Gasteiger partial charge in [0.25, 0.3) is 0 Å². The number of nitrogens with zero attached hydrogens (tertiary/aromatic N) is 3. The maximum atomic E-state index is 13.4. The molecular weight excluding hydrogens is 507 g/mol. The summed E-state index contributed by atoms with van der Waals surface area (Å²) >= 11 is 0. The Balaban J connectivity index is 1.97. The van der Waals surface area contributed by atoms with Crippen molar-refractivity contribution in [2.75, 3.05) is 36.4 Å². The van der Waals surface area contributed by atoms with Crippen LogP contribution in [-0.2, 0) is 37.4 Å². The number of likely N-dealkylation sites (tertiary alicyclic amines) is 1. The molecule has 3 rings (SSSR count). The summed E-state index contributed by atoms with van der Waals surface area (Å²) in [6.45, 7) is 1.92.